The van der Waals surface area contributed by atoms with Crippen molar-refractivity contribution in [2.24, 2.45) is 5.92 Å². The molecule has 5 nitrogen and oxygen atoms in total. The van der Waals surface area contributed by atoms with Gasteiger partial charge in [-0.3, -0.25) is 4.79 Å². The van der Waals surface area contributed by atoms with E-state index in [1.165, 1.54) is 42.3 Å². The van der Waals surface area contributed by atoms with Gasteiger partial charge in [0.2, 0.25) is 0 Å². The van der Waals surface area contributed by atoms with Gasteiger partial charge in [0.15, 0.2) is 0 Å². The molecule has 1 atom stereocenters. The normalized spacial score (nSPS) is 20.4. The second kappa shape index (κ2) is 9.10. The van der Waals surface area contributed by atoms with E-state index in [0.29, 0.717) is 17.5 Å². The van der Waals surface area contributed by atoms with Crippen molar-refractivity contribution in [2.45, 2.75) is 50.9 Å². The maximum absolute atomic E-state index is 12.7. The summed E-state index contributed by atoms with van der Waals surface area (Å²) in [5.74, 6) is 1.23. The average Bonchev–Trinajstić information content (AvgIpc) is 3.27. The van der Waals surface area contributed by atoms with Gasteiger partial charge in [0.1, 0.15) is 5.02 Å². The molecule has 150 valence electrons. The van der Waals surface area contributed by atoms with Crippen LogP contribution in [0, 0.1) is 5.92 Å². The van der Waals surface area contributed by atoms with Crippen molar-refractivity contribution in [2.75, 3.05) is 25.1 Å². The highest BCUT2D eigenvalue weighted by atomic mass is 35.5. The molecule has 1 aromatic carbocycles. The van der Waals surface area contributed by atoms with E-state index in [2.05, 4.69) is 22.5 Å². The lowest BCUT2D eigenvalue weighted by atomic mass is 9.98. The first kappa shape index (κ1) is 19.5. The van der Waals surface area contributed by atoms with Crippen molar-refractivity contribution >= 4 is 17.3 Å². The van der Waals surface area contributed by atoms with Crippen LogP contribution in [0.2, 0.25) is 5.02 Å². The lowest BCUT2D eigenvalue weighted by molar-refractivity contribution is 0.0530. The van der Waals surface area contributed by atoms with Crippen LogP contribution < -0.4 is 10.9 Å². The molecule has 2 aromatic rings. The molecule has 1 aliphatic carbocycles. The van der Waals surface area contributed by atoms with Crippen molar-refractivity contribution in [3.05, 3.63) is 51.4 Å². The second-order valence-electron chi connectivity index (χ2n) is 7.96. The summed E-state index contributed by atoms with van der Waals surface area (Å²) in [6.45, 7) is 2.46. The first-order valence-electron chi connectivity index (χ1n) is 10.4. The van der Waals surface area contributed by atoms with Gasteiger partial charge in [0.05, 0.1) is 17.6 Å². The molecule has 0 amide bonds. The van der Waals surface area contributed by atoms with E-state index < -0.39 is 0 Å². The van der Waals surface area contributed by atoms with Crippen molar-refractivity contribution in [3.63, 3.8) is 0 Å². The van der Waals surface area contributed by atoms with E-state index >= 15 is 0 Å². The van der Waals surface area contributed by atoms with Gasteiger partial charge >= 0.3 is 0 Å². The number of hydrogen-bond acceptors (Lipinski definition) is 4. The second-order valence-corrected chi connectivity index (χ2v) is 8.34. The molecule has 1 saturated carbocycles. The number of nitrogens with one attached hydrogen (secondary N) is 1. The molecule has 2 fully saturated rings. The topological polar surface area (TPSA) is 56.1 Å². The van der Waals surface area contributed by atoms with Crippen LogP contribution in [-0.2, 0) is 4.74 Å². The van der Waals surface area contributed by atoms with E-state index in [-0.39, 0.29) is 10.6 Å². The Kier molecular flexibility index (Phi) is 6.33. The van der Waals surface area contributed by atoms with Crippen molar-refractivity contribution in [3.8, 4) is 5.69 Å². The quantitative estimate of drug-likeness (QED) is 0.757. The smallest absolute Gasteiger partial charge is 0.292 e. The number of benzene rings is 1. The average molecular weight is 402 g/mol. The summed E-state index contributed by atoms with van der Waals surface area (Å²) in [6, 6.07) is 8.17. The lowest BCUT2D eigenvalue weighted by Crippen LogP contribution is -2.24. The number of nitrogens with zero attached hydrogens (tertiary/aromatic N) is 2. The molecule has 2 aliphatic rings. The van der Waals surface area contributed by atoms with E-state index in [0.717, 1.165) is 38.3 Å². The van der Waals surface area contributed by atoms with E-state index in [4.69, 9.17) is 16.3 Å². The van der Waals surface area contributed by atoms with Crippen LogP contribution in [0.4, 0.5) is 5.69 Å². The predicted octanol–water partition coefficient (Wildman–Crippen LogP) is 4.77. The summed E-state index contributed by atoms with van der Waals surface area (Å²) in [4.78, 5) is 12.7. The zero-order chi connectivity index (χ0) is 19.3. The summed E-state index contributed by atoms with van der Waals surface area (Å²) in [5.41, 5.74) is 2.41. The largest absolute Gasteiger partial charge is 0.382 e. The lowest BCUT2D eigenvalue weighted by Gasteiger charge is -2.22. The zero-order valence-electron chi connectivity index (χ0n) is 16.2. The molecule has 4 rings (SSSR count). The van der Waals surface area contributed by atoms with Gasteiger partial charge in [0, 0.05) is 19.8 Å². The summed E-state index contributed by atoms with van der Waals surface area (Å²) in [6.07, 6.45) is 10.1. The first-order valence-corrected chi connectivity index (χ1v) is 10.8. The molecule has 6 heteroatoms. The fourth-order valence-electron chi connectivity index (χ4n) is 4.33. The van der Waals surface area contributed by atoms with Crippen LogP contribution in [0.15, 0.2) is 35.3 Å². The van der Waals surface area contributed by atoms with Crippen LogP contribution >= 0.6 is 11.6 Å². The minimum absolute atomic E-state index is 0.190. The summed E-state index contributed by atoms with van der Waals surface area (Å²) < 4.78 is 6.89. The molecular weight excluding hydrogens is 374 g/mol. The fraction of sp³-hybridized carbons (Fsp3) is 0.545. The minimum atomic E-state index is -0.290. The number of rotatable bonds is 6. The summed E-state index contributed by atoms with van der Waals surface area (Å²) in [5, 5.41) is 7.79. The summed E-state index contributed by atoms with van der Waals surface area (Å²) in [7, 11) is 0. The van der Waals surface area contributed by atoms with Crippen molar-refractivity contribution in [1.82, 2.24) is 9.78 Å². The van der Waals surface area contributed by atoms with Gasteiger partial charge < -0.3 is 10.1 Å². The Morgan fingerprint density at radius 3 is 2.64 bits per heavy atom. The Bertz CT molecular complexity index is 838. The molecule has 1 unspecified atom stereocenters. The summed E-state index contributed by atoms with van der Waals surface area (Å²) >= 11 is 6.34. The molecule has 1 saturated heterocycles. The van der Waals surface area contributed by atoms with E-state index in [1.54, 1.807) is 6.20 Å². The third-order valence-electron chi connectivity index (χ3n) is 6.01. The monoisotopic (exact) mass is 401 g/mol. The van der Waals surface area contributed by atoms with E-state index in [9.17, 15) is 4.79 Å². The molecule has 28 heavy (non-hydrogen) atoms. The molecular formula is C22H28ClN3O2. The maximum Gasteiger partial charge on any atom is 0.292 e. The van der Waals surface area contributed by atoms with Crippen LogP contribution in [0.25, 0.3) is 5.69 Å². The van der Waals surface area contributed by atoms with Gasteiger partial charge in [0.25, 0.3) is 5.56 Å². The zero-order valence-corrected chi connectivity index (χ0v) is 17.0. The molecule has 2 heterocycles. The Balaban J connectivity index is 1.42. The number of aromatic nitrogens is 2. The minimum Gasteiger partial charge on any atom is -0.382 e. The van der Waals surface area contributed by atoms with Crippen LogP contribution in [-0.4, -0.2) is 29.5 Å². The highest BCUT2D eigenvalue weighted by Crippen LogP contribution is 2.34. The molecule has 1 N–H and O–H groups in total. The number of anilines is 1. The predicted molar refractivity (Wildman–Crippen MR) is 113 cm³/mol. The fourth-order valence-corrected chi connectivity index (χ4v) is 4.53. The van der Waals surface area contributed by atoms with Crippen molar-refractivity contribution in [1.29, 1.82) is 0 Å². The van der Waals surface area contributed by atoms with Gasteiger partial charge in [-0.15, -0.1) is 0 Å². The SMILES string of the molecule is O=c1c(Cl)c(NCCC2CCCOC2)cnn1-c1ccc(C2CCCC2)cc1. The molecule has 0 radical (unpaired) electrons. The van der Waals surface area contributed by atoms with Gasteiger partial charge in [-0.05, 0) is 61.6 Å². The third-order valence-corrected chi connectivity index (χ3v) is 6.37. The van der Waals surface area contributed by atoms with Crippen LogP contribution in [0.5, 0.6) is 0 Å². The Morgan fingerprint density at radius 1 is 1.14 bits per heavy atom. The van der Waals surface area contributed by atoms with E-state index in [1.807, 2.05) is 12.1 Å². The molecule has 0 spiro atoms. The van der Waals surface area contributed by atoms with Gasteiger partial charge in [-0.1, -0.05) is 36.6 Å². The van der Waals surface area contributed by atoms with Crippen LogP contribution in [0.3, 0.4) is 0 Å². The van der Waals surface area contributed by atoms with Gasteiger partial charge in [-0.2, -0.15) is 9.78 Å². The standard InChI is InChI=1S/C22H28ClN3O2/c23-21-20(24-12-11-16-4-3-13-28-15-16)14-25-26(22(21)27)19-9-7-18(8-10-19)17-5-1-2-6-17/h7-10,14,16-17,24H,1-6,11-13,15H2. The molecule has 1 aliphatic heterocycles. The highest BCUT2D eigenvalue weighted by Gasteiger charge is 2.18. The molecule has 1 aromatic heterocycles. The van der Waals surface area contributed by atoms with Gasteiger partial charge in [-0.25, -0.2) is 0 Å². The Labute approximate surface area is 171 Å². The number of ether oxygens (including phenoxy) is 1. The molecule has 0 bridgehead atoms. The van der Waals surface area contributed by atoms with Crippen LogP contribution in [0.1, 0.15) is 56.4 Å². The number of halogens is 1. The maximum atomic E-state index is 12.7. The first-order chi connectivity index (χ1) is 13.7. The van der Waals surface area contributed by atoms with Crippen molar-refractivity contribution < 1.29 is 4.74 Å². The number of hydrogen-bond donors (Lipinski definition) is 1. The highest BCUT2D eigenvalue weighted by molar-refractivity contribution is 6.32. The Morgan fingerprint density at radius 2 is 1.93 bits per heavy atom. The third kappa shape index (κ3) is 4.41. The Hall–Kier alpha value is -1.85.